The van der Waals surface area contributed by atoms with E-state index < -0.39 is 211 Å². The number of rotatable bonds is 6. The van der Waals surface area contributed by atoms with Crippen LogP contribution in [0, 0.1) is 0 Å². The Labute approximate surface area is 780 Å². The SMILES string of the molecule is Nc1nc2c(ncn2[C@@H]2O[C@@H]3COP(O)(=S)O[C@H]4[C@H](F)[C@H](n5nnc6c(N)ccnc65)O[C@@H]4COP(=O)(S)O[C@@H]2C3)c(=O)[nH]1.Nc1nc2c(ncn2[C@@H]2O[C@@H]3COP(O)(=S)O[C@H]4[C@H]5OC[C@]4(COP(O)(=S)O[C@@H]2C3)O[C@H]5n2cnc3c(N)ccnc32)c(=O)[nH]1.Nc1nc2c(ncn2[C@@H]2O[C@@H]3COP(O)(=S)O[C@H]4[C@H]5OC[C@]4(COP(O)(=S)O[C@@H]2[C@@H]3F)O[C@H]5n2cnc3c(N)ccnc32)c(=O)[nH]1. The van der Waals surface area contributed by atoms with E-state index >= 15 is 8.78 Å². The first-order chi connectivity index (χ1) is 64.2. The van der Waals surface area contributed by atoms with E-state index in [0.717, 1.165) is 4.68 Å². The molecule has 11 aliphatic heterocycles. The second-order valence-corrected chi connectivity index (χ2v) is 48.7. The van der Waals surface area contributed by atoms with Crippen LogP contribution >= 0.6 is 52.6 Å². The van der Waals surface area contributed by atoms with Crippen LogP contribution in [-0.2, 0) is 156 Å². The van der Waals surface area contributed by atoms with E-state index in [0.29, 0.717) is 33.7 Å². The van der Waals surface area contributed by atoms with Gasteiger partial charge in [-0.25, -0.2) is 53.2 Å². The van der Waals surface area contributed by atoms with Gasteiger partial charge in [-0.15, -0.1) is 5.10 Å². The minimum absolute atomic E-state index is 0.0111. The fourth-order valence-electron chi connectivity index (χ4n) is 17.3. The number of nitrogen functional groups attached to an aromatic ring is 6. The average molecular weight is 2110 g/mol. The van der Waals surface area contributed by atoms with Crippen LogP contribution in [-0.4, -0.2) is 282 Å². The second kappa shape index (κ2) is 34.9. The van der Waals surface area contributed by atoms with Crippen molar-refractivity contribution in [3.05, 3.63) is 99.5 Å². The van der Waals surface area contributed by atoms with Gasteiger partial charge in [-0.3, -0.25) is 79.3 Å². The molecule has 57 nitrogen and oxygen atoms in total. The van der Waals surface area contributed by atoms with E-state index in [2.05, 4.69) is 92.3 Å². The number of nitrogens with one attached hydrogen (secondary N) is 3. The minimum atomic E-state index is -4.29. The van der Waals surface area contributed by atoms with Crippen molar-refractivity contribution in [2.24, 2.45) is 0 Å². The second-order valence-electron chi connectivity index (χ2n) is 31.9. The lowest BCUT2D eigenvalue weighted by Crippen LogP contribution is -2.45. The van der Waals surface area contributed by atoms with E-state index in [9.17, 15) is 43.4 Å². The van der Waals surface area contributed by atoms with Crippen molar-refractivity contribution in [1.82, 2.24) is 108 Å². The number of imidazole rings is 5. The van der Waals surface area contributed by atoms with Gasteiger partial charge in [0.15, 0.2) is 106 Å². The van der Waals surface area contributed by atoms with Crippen LogP contribution in [0.3, 0.4) is 0 Å². The number of pyridine rings is 3. The third-order valence-electron chi connectivity index (χ3n) is 23.2. The molecule has 23 heterocycles. The molecule has 11 fully saturated rings. The van der Waals surface area contributed by atoms with Crippen LogP contribution < -0.4 is 51.1 Å². The van der Waals surface area contributed by atoms with E-state index in [1.165, 1.54) is 70.0 Å². The Morgan fingerprint density at radius 1 is 0.407 bits per heavy atom. The lowest BCUT2D eigenvalue weighted by atomic mass is 10.0. The Morgan fingerprint density at radius 2 is 0.800 bits per heavy atom. The van der Waals surface area contributed by atoms with E-state index in [1.54, 1.807) is 21.3 Å². The number of nitrogens with two attached hydrogens (primary N) is 6. The third kappa shape index (κ3) is 17.5. The summed E-state index contributed by atoms with van der Waals surface area (Å²) in [7, 11) is 0. The van der Waals surface area contributed by atoms with Crippen molar-refractivity contribution in [3.8, 4) is 0 Å². The summed E-state index contributed by atoms with van der Waals surface area (Å²) in [5, 5.41) is 7.87. The van der Waals surface area contributed by atoms with Gasteiger partial charge in [0.25, 0.3) is 16.7 Å². The molecule has 11 aliphatic rings. The number of aromatic amines is 3. The van der Waals surface area contributed by atoms with E-state index in [4.69, 9.17) is 186 Å². The summed E-state index contributed by atoms with van der Waals surface area (Å²) in [6.07, 6.45) is -12.6. The molecule has 23 rings (SSSR count). The van der Waals surface area contributed by atoms with Crippen LogP contribution in [0.1, 0.15) is 50.2 Å². The molecule has 0 spiro atoms. The first kappa shape index (κ1) is 93.6. The van der Waals surface area contributed by atoms with E-state index in [1.807, 2.05) is 0 Å². The molecule has 0 aromatic carbocycles. The summed E-state index contributed by atoms with van der Waals surface area (Å²) in [6, 6.07) is 4.72. The lowest BCUT2D eigenvalue weighted by molar-refractivity contribution is -0.183. The fourth-order valence-corrected chi connectivity index (χ4v) is 26.1. The number of hydrogen-bond acceptors (Lipinski definition) is 48. The number of hydrogen-bond donors (Lipinski definition) is 15. The number of ether oxygens (including phenoxy) is 8. The molecule has 10 bridgehead atoms. The Morgan fingerprint density at radius 3 is 1.29 bits per heavy atom. The molecule has 6 unspecified atom stereocenters. The van der Waals surface area contributed by atoms with Crippen LogP contribution in [0.2, 0.25) is 0 Å². The largest absolute Gasteiger partial charge is 0.397 e. The normalized spacial score (nSPS) is 38.3. The van der Waals surface area contributed by atoms with Crippen LogP contribution in [0.5, 0.6) is 0 Å². The number of thiol groups is 1. The average Bonchev–Trinajstić information content (AvgIpc) is 1.56. The molecular formula is C64H72F2N28O29P6S6. The fraction of sp³-hybridized carbons (Fsp3) is 0.500. The number of nitrogens with zero attached hydrogens (tertiary/aromatic N) is 19. The molecule has 135 heavy (non-hydrogen) atoms. The lowest BCUT2D eigenvalue weighted by Gasteiger charge is -2.33. The molecular weight excluding hydrogens is 2040 g/mol. The smallest absolute Gasteiger partial charge is 0.386 e. The maximum Gasteiger partial charge on any atom is 0.386 e. The van der Waals surface area contributed by atoms with Gasteiger partial charge in [-0.1, -0.05) is 17.5 Å². The van der Waals surface area contributed by atoms with Gasteiger partial charge in [0.2, 0.25) is 17.8 Å². The highest BCUT2D eigenvalue weighted by Gasteiger charge is 2.68. The molecule has 11 saturated heterocycles. The summed E-state index contributed by atoms with van der Waals surface area (Å²) in [5.74, 6) is -0.535. The summed E-state index contributed by atoms with van der Waals surface area (Å²) < 4.78 is 172. The van der Waals surface area contributed by atoms with Gasteiger partial charge in [0.05, 0.1) is 114 Å². The monoisotopic (exact) mass is 2110 g/mol. The zero-order chi connectivity index (χ0) is 94.4. The van der Waals surface area contributed by atoms with Crippen molar-refractivity contribution >= 4 is 214 Å². The van der Waals surface area contributed by atoms with Gasteiger partial charge < -0.3 is 124 Å². The molecule has 12 aromatic rings. The number of anilines is 6. The number of fused-ring (bicyclic) bond motifs is 13. The molecule has 20 N–H and O–H groups in total. The molecule has 0 amide bonds. The quantitative estimate of drug-likeness (QED) is 0.0797. The molecule has 0 radical (unpaired) electrons. The standard InChI is InChI=1S/C22H24FN9O10P2S2.C22H25N9O10P2S2.C20H23FN10O9P2S2/c23-10-9-3-37-43(34,45)42-15-14-20(31-6-27-11-8(24)1-2-26-16(11)31)40-22(15,4-36-14)5-38-44(35,46)41-13(10)19(39-9)32-7-28-12-17(32)29-21(25)30-18(12)33;23-10-1-2-25-16-12(10)26-7-30(16)20-14-15-22(39-20,5-35-14)6-37-43(34,45)40-11-3-9(4-36-42(33,44)41-15)38-19(11)31-8-27-13-17(31)28-21(24)29-18(13)32;21-11-14-10(38-19(11)31-15-12(28-29-31)8(22)1-2-24-15)5-36-41(33,43)39-9-3-7(4-35-42(34,44)40-14)37-18(9)30-6-25-13-16(30)26-20(23)27-17(13)32/h1-2,6-7,9-10,13-15,19-20H,3-5H2,(H2,24,26)(H,34,45)(H,35,46)(H3,25,29,30,33);1-2,7-9,11,14-15,19-20H,3-6H2,(H2,23,25)(H,33,44)(H,34,45)(H3,24,28,29,32);1-2,6-7,9-11,14,18-19H,3-5H2,(H2,22,24)(H,33,43)(H,34,44)(H3,23,26,27,32)/t9-,10-,13-,14-,15+,19-,20-,22-,43?,44?;9-,11+,14+,15-,19+,20+,22+,42?,43?;7-,9+,10+,11-,14+,18+,19+,41?,42?/m100/s1. The van der Waals surface area contributed by atoms with Crippen molar-refractivity contribution in [3.63, 3.8) is 0 Å². The van der Waals surface area contributed by atoms with Crippen LogP contribution in [0.15, 0.2) is 82.8 Å². The third-order valence-corrected chi connectivity index (χ3v) is 32.6. The molecule has 722 valence electrons. The van der Waals surface area contributed by atoms with Crippen molar-refractivity contribution in [2.75, 3.05) is 87.3 Å². The van der Waals surface area contributed by atoms with Crippen molar-refractivity contribution < 1.29 is 130 Å². The van der Waals surface area contributed by atoms with Crippen molar-refractivity contribution in [2.45, 2.75) is 147 Å². The topological polar surface area (TPSA) is 755 Å². The first-order valence-electron chi connectivity index (χ1n) is 39.9. The van der Waals surface area contributed by atoms with Crippen molar-refractivity contribution in [1.29, 1.82) is 0 Å². The van der Waals surface area contributed by atoms with Gasteiger partial charge in [0, 0.05) is 31.4 Å². The Kier molecular flexibility index (Phi) is 24.2. The minimum Gasteiger partial charge on any atom is -0.397 e. The van der Waals surface area contributed by atoms with Crippen LogP contribution in [0.4, 0.5) is 43.7 Å². The molecule has 28 atom stereocenters. The maximum atomic E-state index is 16.0. The van der Waals surface area contributed by atoms with Gasteiger partial charge in [-0.2, -0.15) is 19.6 Å². The summed E-state index contributed by atoms with van der Waals surface area (Å²) in [4.78, 5) is 146. The first-order valence-corrected chi connectivity index (χ1v) is 55.5. The number of halogens is 2. The number of aromatic nitrogens is 22. The summed E-state index contributed by atoms with van der Waals surface area (Å²) in [6.45, 7) is -27.5. The predicted molar refractivity (Wildman–Crippen MR) is 475 cm³/mol. The number of H-pyrrole nitrogens is 3. The van der Waals surface area contributed by atoms with Crippen LogP contribution in [0.25, 0.3) is 67.0 Å². The zero-order valence-electron chi connectivity index (χ0n) is 67.9. The maximum absolute atomic E-state index is 16.0. The highest BCUT2D eigenvalue weighted by molar-refractivity contribution is 8.44. The van der Waals surface area contributed by atoms with Gasteiger partial charge in [-0.05, 0) is 77.2 Å². The highest BCUT2D eigenvalue weighted by Crippen LogP contribution is 2.63. The van der Waals surface area contributed by atoms with Gasteiger partial charge in [0.1, 0.15) is 83.3 Å². The summed E-state index contributed by atoms with van der Waals surface area (Å²) >= 11 is 30.8. The Bertz CT molecular complexity index is 7260. The molecule has 71 heteroatoms. The Hall–Kier alpha value is -7.67. The van der Waals surface area contributed by atoms with E-state index in [-0.39, 0.29) is 114 Å². The Balaban J connectivity index is 0.000000121. The number of alkyl halides is 2. The van der Waals surface area contributed by atoms with Gasteiger partial charge >= 0.3 is 40.4 Å². The predicted octanol–water partition coefficient (Wildman–Crippen LogP) is 0.534. The molecule has 0 aliphatic carbocycles. The highest BCUT2D eigenvalue weighted by atomic mass is 32.7. The summed E-state index contributed by atoms with van der Waals surface area (Å²) in [5.41, 5.74) is 33.7. The molecule has 12 aromatic heterocycles. The zero-order valence-corrected chi connectivity index (χ0v) is 78.2. The molecule has 0 saturated carbocycles.